The Labute approximate surface area is 77.0 Å². The monoisotopic (exact) mass is 295 g/mol. The molecule has 0 bridgehead atoms. The lowest BCUT2D eigenvalue weighted by atomic mass is 10.4. The molecule has 7 heteroatoms. The second-order valence-electron chi connectivity index (χ2n) is 1.86. The van der Waals surface area contributed by atoms with Crippen molar-refractivity contribution in [3.8, 4) is 0 Å². The maximum absolute atomic E-state index is 10.2. The maximum atomic E-state index is 10.2. The number of halogens is 2. The van der Waals surface area contributed by atoms with E-state index in [4.69, 9.17) is 4.55 Å². The molecule has 0 aromatic heterocycles. The molecule has 0 heterocycles. The van der Waals surface area contributed by atoms with E-state index in [1.165, 1.54) is 2.95 Å². The van der Waals surface area contributed by atoms with E-state index in [1.807, 2.05) is 0 Å². The minimum atomic E-state index is -3.87. The molecule has 0 aliphatic carbocycles. The highest BCUT2D eigenvalue weighted by Crippen LogP contribution is 2.12. The molecular weight excluding hydrogens is 290 g/mol. The summed E-state index contributed by atoms with van der Waals surface area (Å²) in [6, 6.07) is -0.310. The molecule has 0 amide bonds. The van der Waals surface area contributed by atoms with Gasteiger partial charge in [0, 0.05) is 38.3 Å². The number of nitrogens with zero attached hydrogens (tertiary/aromatic N) is 1. The molecule has 0 spiro atoms. The summed E-state index contributed by atoms with van der Waals surface area (Å²) < 4.78 is 30.2. The standard InChI is InChI=1S/C3H7Br2NO3S/c1-3(6(4)5)2-10(7,8)9/h3H,2H2,1H3,(H,7,8,9). The third-order valence-corrected chi connectivity index (χ3v) is 3.09. The molecule has 0 aromatic carbocycles. The van der Waals surface area contributed by atoms with E-state index in [2.05, 4.69) is 32.3 Å². The molecule has 10 heavy (non-hydrogen) atoms. The van der Waals surface area contributed by atoms with E-state index in [0.29, 0.717) is 0 Å². The van der Waals surface area contributed by atoms with E-state index in [9.17, 15) is 8.42 Å². The lowest BCUT2D eigenvalue weighted by Gasteiger charge is -2.12. The van der Waals surface area contributed by atoms with Gasteiger partial charge in [-0.1, -0.05) is 0 Å². The quantitative estimate of drug-likeness (QED) is 0.628. The van der Waals surface area contributed by atoms with Crippen molar-refractivity contribution in [2.24, 2.45) is 0 Å². The van der Waals surface area contributed by atoms with Crippen LogP contribution >= 0.6 is 32.3 Å². The second-order valence-corrected chi connectivity index (χ2v) is 5.83. The van der Waals surface area contributed by atoms with Crippen molar-refractivity contribution in [3.63, 3.8) is 0 Å². The van der Waals surface area contributed by atoms with Crippen LogP contribution in [-0.2, 0) is 10.1 Å². The van der Waals surface area contributed by atoms with E-state index in [-0.39, 0.29) is 11.8 Å². The normalized spacial score (nSPS) is 15.7. The second kappa shape index (κ2) is 4.01. The molecule has 0 aliphatic heterocycles. The highest BCUT2D eigenvalue weighted by Gasteiger charge is 2.15. The summed E-state index contributed by atoms with van der Waals surface area (Å²) in [4.78, 5) is 0. The third-order valence-electron chi connectivity index (χ3n) is 0.785. The molecule has 62 valence electrons. The Morgan fingerprint density at radius 2 is 2.00 bits per heavy atom. The van der Waals surface area contributed by atoms with Crippen molar-refractivity contribution < 1.29 is 13.0 Å². The average molecular weight is 297 g/mol. The van der Waals surface area contributed by atoms with Crippen molar-refractivity contribution in [3.05, 3.63) is 0 Å². The van der Waals surface area contributed by atoms with Gasteiger partial charge in [0.2, 0.25) is 0 Å². The topological polar surface area (TPSA) is 57.6 Å². The van der Waals surface area contributed by atoms with Crippen molar-refractivity contribution in [2.75, 3.05) is 5.75 Å². The summed E-state index contributed by atoms with van der Waals surface area (Å²) in [5, 5.41) is 0. The molecule has 0 aliphatic rings. The average Bonchev–Trinajstić information content (AvgIpc) is 1.60. The van der Waals surface area contributed by atoms with Crippen molar-refractivity contribution in [1.82, 2.24) is 2.95 Å². The first-order valence-corrected chi connectivity index (χ1v) is 5.41. The van der Waals surface area contributed by atoms with Crippen LogP contribution in [0, 0.1) is 0 Å². The number of rotatable bonds is 3. The summed E-state index contributed by atoms with van der Waals surface area (Å²) in [5.41, 5.74) is 0. The van der Waals surface area contributed by atoms with Crippen molar-refractivity contribution in [2.45, 2.75) is 13.0 Å². The first kappa shape index (κ1) is 10.8. The lowest BCUT2D eigenvalue weighted by molar-refractivity contribution is 0.470. The molecule has 0 fully saturated rings. The first-order valence-electron chi connectivity index (χ1n) is 2.39. The molecule has 0 saturated carbocycles. The van der Waals surface area contributed by atoms with Crippen molar-refractivity contribution in [1.29, 1.82) is 0 Å². The van der Waals surface area contributed by atoms with Crippen LogP contribution < -0.4 is 0 Å². The maximum Gasteiger partial charge on any atom is 0.266 e. The van der Waals surface area contributed by atoms with Gasteiger partial charge in [-0.2, -0.15) is 11.4 Å². The number of hydrogen-bond donors (Lipinski definition) is 1. The Kier molecular flexibility index (Phi) is 4.34. The van der Waals surface area contributed by atoms with E-state index >= 15 is 0 Å². The zero-order chi connectivity index (χ0) is 8.36. The molecule has 1 atom stereocenters. The van der Waals surface area contributed by atoms with Gasteiger partial charge < -0.3 is 0 Å². The van der Waals surface area contributed by atoms with Gasteiger partial charge in [-0.15, -0.1) is 0 Å². The van der Waals surface area contributed by atoms with Crippen LogP contribution in [0.2, 0.25) is 0 Å². The zero-order valence-corrected chi connectivity index (χ0v) is 9.15. The Bertz CT molecular complexity index is 190. The van der Waals surface area contributed by atoms with Crippen LogP contribution in [0.25, 0.3) is 0 Å². The Hall–Kier alpha value is 0.830. The molecular formula is C3H7Br2NO3S. The largest absolute Gasteiger partial charge is 0.285 e. The van der Waals surface area contributed by atoms with Crippen LogP contribution in [0.5, 0.6) is 0 Å². The van der Waals surface area contributed by atoms with Crippen LogP contribution in [0.3, 0.4) is 0 Å². The fourth-order valence-corrected chi connectivity index (χ4v) is 1.79. The van der Waals surface area contributed by atoms with Gasteiger partial charge >= 0.3 is 0 Å². The van der Waals surface area contributed by atoms with Gasteiger partial charge in [0.05, 0.1) is 5.75 Å². The van der Waals surface area contributed by atoms with E-state index < -0.39 is 10.1 Å². The highest BCUT2D eigenvalue weighted by atomic mass is 79.9. The fourth-order valence-electron chi connectivity index (χ4n) is 0.361. The molecule has 1 N–H and O–H groups in total. The molecule has 1 unspecified atom stereocenters. The third kappa shape index (κ3) is 5.60. The van der Waals surface area contributed by atoms with Gasteiger partial charge in [0.25, 0.3) is 10.1 Å². The van der Waals surface area contributed by atoms with Crippen LogP contribution in [0.4, 0.5) is 0 Å². The van der Waals surface area contributed by atoms with Gasteiger partial charge in [-0.3, -0.25) is 4.55 Å². The Morgan fingerprint density at radius 1 is 1.60 bits per heavy atom. The minimum Gasteiger partial charge on any atom is -0.285 e. The van der Waals surface area contributed by atoms with E-state index in [1.54, 1.807) is 6.92 Å². The summed E-state index contributed by atoms with van der Waals surface area (Å²) >= 11 is 5.93. The molecule has 0 aromatic rings. The van der Waals surface area contributed by atoms with Gasteiger partial charge in [0.1, 0.15) is 0 Å². The van der Waals surface area contributed by atoms with Gasteiger partial charge in [-0.25, -0.2) is 0 Å². The SMILES string of the molecule is CC(CS(=O)(=O)O)N(Br)Br. The first-order chi connectivity index (χ1) is 4.33. The van der Waals surface area contributed by atoms with Crippen molar-refractivity contribution >= 4 is 42.4 Å². The minimum absolute atomic E-state index is 0.302. The summed E-state index contributed by atoms with van der Waals surface area (Å²) in [5.74, 6) is -0.302. The summed E-state index contributed by atoms with van der Waals surface area (Å²) in [7, 11) is -3.87. The Balaban J connectivity index is 3.93. The smallest absolute Gasteiger partial charge is 0.266 e. The lowest BCUT2D eigenvalue weighted by Crippen LogP contribution is -2.24. The molecule has 0 radical (unpaired) electrons. The Morgan fingerprint density at radius 3 is 2.10 bits per heavy atom. The zero-order valence-electron chi connectivity index (χ0n) is 5.16. The van der Waals surface area contributed by atoms with Gasteiger partial charge in [-0.05, 0) is 6.92 Å². The van der Waals surface area contributed by atoms with Crippen LogP contribution in [-0.4, -0.2) is 27.7 Å². The predicted molar refractivity (Wildman–Crippen MR) is 45.6 cm³/mol. The summed E-state index contributed by atoms with van der Waals surface area (Å²) in [6.45, 7) is 1.64. The fraction of sp³-hybridized carbons (Fsp3) is 1.00. The molecule has 0 saturated heterocycles. The highest BCUT2D eigenvalue weighted by molar-refractivity contribution is 9.21. The van der Waals surface area contributed by atoms with Gasteiger partial charge in [0.15, 0.2) is 0 Å². The number of hydrogen-bond acceptors (Lipinski definition) is 3. The molecule has 0 rings (SSSR count). The predicted octanol–water partition coefficient (Wildman–Crippen LogP) is 1.18. The van der Waals surface area contributed by atoms with E-state index in [0.717, 1.165) is 0 Å². The molecule has 4 nitrogen and oxygen atoms in total. The van der Waals surface area contributed by atoms with Crippen LogP contribution in [0.15, 0.2) is 0 Å². The van der Waals surface area contributed by atoms with Crippen LogP contribution in [0.1, 0.15) is 6.92 Å². The summed E-state index contributed by atoms with van der Waals surface area (Å²) in [6.07, 6.45) is 0.